The minimum absolute atomic E-state index is 0.0284. The highest BCUT2D eigenvalue weighted by molar-refractivity contribution is 6.40. The van der Waals surface area contributed by atoms with Crippen LogP contribution in [-0.2, 0) is 4.74 Å². The minimum atomic E-state index is -3.09. The van der Waals surface area contributed by atoms with Gasteiger partial charge in [0.15, 0.2) is 17.7 Å². The Hall–Kier alpha value is -3.14. The number of benzene rings is 2. The molecule has 12 heteroatoms. The molecule has 2 aromatic carbocycles. The molecule has 182 valence electrons. The first-order valence-electron chi connectivity index (χ1n) is 10.1. The Morgan fingerprint density at radius 1 is 1.20 bits per heavy atom. The standard InChI is InChI=1S/C23H16Cl3F2N3O4/c24-6-1-7-33-11-30-12-2-4-17-14(8-12)19-13(3-5-18(21(19)34-17)35-23(27)28)22(32)31-20-15(25)9-29-10-16(20)26/h2-5,8-11,23H,1,6-7H2,(H,29,31,32). The van der Waals surface area contributed by atoms with E-state index in [0.717, 1.165) is 0 Å². The van der Waals surface area contributed by atoms with Gasteiger partial charge in [-0.15, -0.1) is 11.6 Å². The molecule has 0 aliphatic rings. The van der Waals surface area contributed by atoms with Crippen LogP contribution in [0.2, 0.25) is 10.0 Å². The Balaban J connectivity index is 1.80. The molecule has 2 heterocycles. The third-order valence-corrected chi connectivity index (χ3v) is 5.63. The molecule has 35 heavy (non-hydrogen) atoms. The van der Waals surface area contributed by atoms with Crippen molar-refractivity contribution in [1.29, 1.82) is 0 Å². The summed E-state index contributed by atoms with van der Waals surface area (Å²) in [5, 5.41) is 3.59. The molecule has 0 bridgehead atoms. The molecule has 1 N–H and O–H groups in total. The maximum Gasteiger partial charge on any atom is 0.387 e. The molecule has 0 spiro atoms. The molecule has 0 unspecified atom stereocenters. The van der Waals surface area contributed by atoms with Gasteiger partial charge in [-0.25, -0.2) is 4.99 Å². The summed E-state index contributed by atoms with van der Waals surface area (Å²) in [6.07, 6.45) is 4.59. The van der Waals surface area contributed by atoms with E-state index in [1.54, 1.807) is 18.2 Å². The molecule has 4 aromatic rings. The van der Waals surface area contributed by atoms with Crippen LogP contribution in [0.15, 0.2) is 52.1 Å². The van der Waals surface area contributed by atoms with Crippen molar-refractivity contribution >= 4 is 80.4 Å². The van der Waals surface area contributed by atoms with Crippen molar-refractivity contribution in [3.05, 3.63) is 58.3 Å². The molecule has 0 saturated carbocycles. The first-order valence-corrected chi connectivity index (χ1v) is 11.4. The highest BCUT2D eigenvalue weighted by atomic mass is 35.5. The van der Waals surface area contributed by atoms with Gasteiger partial charge in [-0.05, 0) is 36.8 Å². The molecule has 1 amide bonds. The zero-order chi connectivity index (χ0) is 24.9. The summed E-state index contributed by atoms with van der Waals surface area (Å²) in [6.45, 7) is -2.69. The fourth-order valence-corrected chi connectivity index (χ4v) is 3.87. The summed E-state index contributed by atoms with van der Waals surface area (Å²) in [4.78, 5) is 21.3. The number of carbonyl (C=O) groups is 1. The largest absolute Gasteiger partial charge is 0.483 e. The first-order chi connectivity index (χ1) is 16.9. The number of hydrogen-bond acceptors (Lipinski definition) is 6. The SMILES string of the molecule is O=C(Nc1c(Cl)cncc1Cl)c1ccc(OC(F)F)c2oc3ccc(N=COCCCCl)cc3c12. The second-order valence-electron chi connectivity index (χ2n) is 7.06. The number of halogens is 5. The number of alkyl halides is 3. The van der Waals surface area contributed by atoms with Crippen LogP contribution in [0.5, 0.6) is 5.75 Å². The zero-order valence-corrected chi connectivity index (χ0v) is 20.0. The van der Waals surface area contributed by atoms with Gasteiger partial charge in [0.2, 0.25) is 0 Å². The van der Waals surface area contributed by atoms with Gasteiger partial charge in [0.05, 0.1) is 33.6 Å². The van der Waals surface area contributed by atoms with Crippen LogP contribution in [0, 0.1) is 0 Å². The zero-order valence-electron chi connectivity index (χ0n) is 17.7. The van der Waals surface area contributed by atoms with E-state index in [1.807, 2.05) is 0 Å². The number of aliphatic imine (C=N–C) groups is 1. The van der Waals surface area contributed by atoms with Crippen LogP contribution in [0.25, 0.3) is 21.9 Å². The molecular formula is C23H16Cl3F2N3O4. The van der Waals surface area contributed by atoms with Crippen LogP contribution in [-0.4, -0.2) is 36.4 Å². The van der Waals surface area contributed by atoms with Gasteiger partial charge in [0, 0.05) is 29.0 Å². The molecule has 0 aliphatic carbocycles. The normalized spacial score (nSPS) is 11.6. The number of aromatic nitrogens is 1. The van der Waals surface area contributed by atoms with Gasteiger partial charge in [-0.1, -0.05) is 23.2 Å². The van der Waals surface area contributed by atoms with Gasteiger partial charge < -0.3 is 19.2 Å². The molecule has 0 saturated heterocycles. The van der Waals surface area contributed by atoms with Crippen molar-refractivity contribution in [2.24, 2.45) is 4.99 Å². The number of nitrogens with one attached hydrogen (secondary N) is 1. The first kappa shape index (κ1) is 25.0. The summed E-state index contributed by atoms with van der Waals surface area (Å²) < 4.78 is 41.7. The predicted molar refractivity (Wildman–Crippen MR) is 132 cm³/mol. The van der Waals surface area contributed by atoms with Crippen LogP contribution in [0.1, 0.15) is 16.8 Å². The van der Waals surface area contributed by atoms with E-state index in [-0.39, 0.29) is 38.0 Å². The van der Waals surface area contributed by atoms with E-state index in [9.17, 15) is 13.6 Å². The summed E-state index contributed by atoms with van der Waals surface area (Å²) in [5.41, 5.74) is 1.06. The fourth-order valence-electron chi connectivity index (χ4n) is 3.30. The quantitative estimate of drug-likeness (QED) is 0.103. The lowest BCUT2D eigenvalue weighted by molar-refractivity contribution is -0.0493. The summed E-state index contributed by atoms with van der Waals surface area (Å²) in [7, 11) is 0. The van der Waals surface area contributed by atoms with Gasteiger partial charge in [0.25, 0.3) is 5.91 Å². The lowest BCUT2D eigenvalue weighted by Gasteiger charge is -2.11. The highest BCUT2D eigenvalue weighted by Gasteiger charge is 2.23. The molecule has 0 atom stereocenters. The number of anilines is 1. The van der Waals surface area contributed by atoms with E-state index in [1.165, 1.54) is 30.9 Å². The summed E-state index contributed by atoms with van der Waals surface area (Å²) in [6, 6.07) is 7.46. The molecule has 0 fully saturated rings. The average molecular weight is 543 g/mol. The van der Waals surface area contributed by atoms with Gasteiger partial charge >= 0.3 is 6.61 Å². The number of carbonyl (C=O) groups excluding carboxylic acids is 1. The van der Waals surface area contributed by atoms with Crippen LogP contribution in [0.3, 0.4) is 0 Å². The minimum Gasteiger partial charge on any atom is -0.483 e. The Morgan fingerprint density at radius 3 is 2.69 bits per heavy atom. The van der Waals surface area contributed by atoms with Gasteiger partial charge in [-0.3, -0.25) is 9.78 Å². The number of amides is 1. The van der Waals surface area contributed by atoms with E-state index in [0.29, 0.717) is 35.6 Å². The number of rotatable bonds is 9. The van der Waals surface area contributed by atoms with Crippen molar-refractivity contribution in [3.63, 3.8) is 0 Å². The van der Waals surface area contributed by atoms with Crippen molar-refractivity contribution in [1.82, 2.24) is 4.98 Å². The second kappa shape index (κ2) is 11.1. The van der Waals surface area contributed by atoms with Gasteiger partial charge in [-0.2, -0.15) is 8.78 Å². The summed E-state index contributed by atoms with van der Waals surface area (Å²) in [5.74, 6) is -0.364. The third kappa shape index (κ3) is 5.58. The number of fused-ring (bicyclic) bond motifs is 3. The van der Waals surface area contributed by atoms with E-state index in [4.69, 9.17) is 44.0 Å². The molecule has 0 radical (unpaired) electrons. The number of furan rings is 1. The predicted octanol–water partition coefficient (Wildman–Crippen LogP) is 7.45. The third-order valence-electron chi connectivity index (χ3n) is 4.79. The Kier molecular flexibility index (Phi) is 7.90. The Bertz CT molecular complexity index is 1390. The van der Waals surface area contributed by atoms with E-state index >= 15 is 0 Å². The second-order valence-corrected chi connectivity index (χ2v) is 8.25. The molecule has 7 nitrogen and oxygen atoms in total. The summed E-state index contributed by atoms with van der Waals surface area (Å²) >= 11 is 17.9. The number of nitrogens with zero attached hydrogens (tertiary/aromatic N) is 2. The van der Waals surface area contributed by atoms with Crippen molar-refractivity contribution < 1.29 is 27.5 Å². The van der Waals surface area contributed by atoms with Crippen LogP contribution >= 0.6 is 34.8 Å². The van der Waals surface area contributed by atoms with Crippen LogP contribution < -0.4 is 10.1 Å². The van der Waals surface area contributed by atoms with Crippen molar-refractivity contribution in [2.75, 3.05) is 17.8 Å². The van der Waals surface area contributed by atoms with Crippen molar-refractivity contribution in [3.8, 4) is 5.75 Å². The maximum atomic E-state index is 13.2. The average Bonchev–Trinajstić information content (AvgIpc) is 3.21. The monoisotopic (exact) mass is 541 g/mol. The van der Waals surface area contributed by atoms with Crippen LogP contribution in [0.4, 0.5) is 20.2 Å². The number of ether oxygens (including phenoxy) is 2. The Morgan fingerprint density at radius 2 is 1.97 bits per heavy atom. The lowest BCUT2D eigenvalue weighted by atomic mass is 10.0. The molecular weight excluding hydrogens is 527 g/mol. The topological polar surface area (TPSA) is 86.0 Å². The molecule has 4 rings (SSSR count). The molecule has 2 aromatic heterocycles. The maximum absolute atomic E-state index is 13.2. The number of pyridine rings is 1. The fraction of sp³-hybridized carbons (Fsp3) is 0.174. The Labute approximate surface area is 212 Å². The smallest absolute Gasteiger partial charge is 0.387 e. The highest BCUT2D eigenvalue weighted by Crippen LogP contribution is 2.40. The number of hydrogen-bond donors (Lipinski definition) is 1. The lowest BCUT2D eigenvalue weighted by Crippen LogP contribution is -2.13. The van der Waals surface area contributed by atoms with E-state index in [2.05, 4.69) is 20.0 Å². The van der Waals surface area contributed by atoms with E-state index < -0.39 is 12.5 Å². The van der Waals surface area contributed by atoms with Crippen molar-refractivity contribution in [2.45, 2.75) is 13.0 Å². The van der Waals surface area contributed by atoms with Gasteiger partial charge in [0.1, 0.15) is 5.58 Å². The molecule has 0 aliphatic heterocycles.